The lowest BCUT2D eigenvalue weighted by Gasteiger charge is -2.24. The van der Waals surface area contributed by atoms with Crippen LogP contribution in [0.5, 0.6) is 0 Å². The van der Waals surface area contributed by atoms with Gasteiger partial charge in [-0.15, -0.1) is 0 Å². The highest BCUT2D eigenvalue weighted by Gasteiger charge is 2.11. The zero-order valence-corrected chi connectivity index (χ0v) is 16.0. The van der Waals surface area contributed by atoms with Crippen LogP contribution < -0.4 is 5.73 Å². The lowest BCUT2D eigenvalue weighted by molar-refractivity contribution is 0.254. The molecule has 0 aliphatic rings. The summed E-state index contributed by atoms with van der Waals surface area (Å²) in [6.45, 7) is 10.3. The first kappa shape index (κ1) is 18.2. The molecule has 0 heterocycles. The lowest BCUT2D eigenvalue weighted by atomic mass is 9.99. The van der Waals surface area contributed by atoms with Crippen LogP contribution in [0, 0.1) is 20.8 Å². The predicted molar refractivity (Wildman–Crippen MR) is 103 cm³/mol. The number of nitrogens with zero attached hydrogens (tertiary/aromatic N) is 1. The third-order valence-corrected chi connectivity index (χ3v) is 4.75. The van der Waals surface area contributed by atoms with Crippen LogP contribution in [0.3, 0.4) is 0 Å². The molecule has 2 aromatic carbocycles. The number of hydrogen-bond acceptors (Lipinski definition) is 2. The van der Waals surface area contributed by atoms with E-state index in [0.717, 1.165) is 37.1 Å². The average Bonchev–Trinajstić information content (AvgIpc) is 2.50. The fourth-order valence-corrected chi connectivity index (χ4v) is 3.32. The smallest absolute Gasteiger partial charge is 0.0242 e. The zero-order chi connectivity index (χ0) is 16.8. The Kier molecular flexibility index (Phi) is 6.82. The van der Waals surface area contributed by atoms with Gasteiger partial charge in [-0.05, 0) is 68.1 Å². The Morgan fingerprint density at radius 3 is 2.13 bits per heavy atom. The van der Waals surface area contributed by atoms with E-state index in [2.05, 4.69) is 78.0 Å². The molecule has 0 aliphatic carbocycles. The number of aryl methyl sites for hydroxylation is 3. The van der Waals surface area contributed by atoms with Gasteiger partial charge in [0.15, 0.2) is 0 Å². The summed E-state index contributed by atoms with van der Waals surface area (Å²) in [6.07, 6.45) is 1.03. The first-order valence-corrected chi connectivity index (χ1v) is 9.02. The SMILES string of the molecule is Cc1cc(C)c(CN(CCCN)Cc2ccc(Br)cc2)c(C)c1. The van der Waals surface area contributed by atoms with Crippen molar-refractivity contribution in [1.29, 1.82) is 0 Å². The minimum atomic E-state index is 0.739. The molecule has 0 saturated carbocycles. The highest BCUT2D eigenvalue weighted by atomic mass is 79.9. The van der Waals surface area contributed by atoms with Gasteiger partial charge in [0.05, 0.1) is 0 Å². The Balaban J connectivity index is 2.16. The van der Waals surface area contributed by atoms with Gasteiger partial charge in [-0.2, -0.15) is 0 Å². The summed E-state index contributed by atoms with van der Waals surface area (Å²) in [5.41, 5.74) is 12.6. The number of nitrogens with two attached hydrogens (primary N) is 1. The molecule has 0 radical (unpaired) electrons. The molecule has 0 amide bonds. The topological polar surface area (TPSA) is 29.3 Å². The lowest BCUT2D eigenvalue weighted by Crippen LogP contribution is -2.26. The van der Waals surface area contributed by atoms with Crippen LogP contribution in [-0.2, 0) is 13.1 Å². The Morgan fingerprint density at radius 2 is 1.57 bits per heavy atom. The maximum absolute atomic E-state index is 5.73. The highest BCUT2D eigenvalue weighted by molar-refractivity contribution is 9.10. The number of hydrogen-bond donors (Lipinski definition) is 1. The van der Waals surface area contributed by atoms with Gasteiger partial charge in [-0.3, -0.25) is 4.90 Å². The molecule has 0 saturated heterocycles. The number of halogens is 1. The molecule has 3 heteroatoms. The van der Waals surface area contributed by atoms with E-state index in [9.17, 15) is 0 Å². The van der Waals surface area contributed by atoms with Crippen LogP contribution in [0.15, 0.2) is 40.9 Å². The van der Waals surface area contributed by atoms with Crippen LogP contribution in [0.4, 0.5) is 0 Å². The fraction of sp³-hybridized carbons (Fsp3) is 0.400. The third kappa shape index (κ3) is 5.45. The first-order chi connectivity index (χ1) is 11.0. The first-order valence-electron chi connectivity index (χ1n) is 8.23. The van der Waals surface area contributed by atoms with Crippen molar-refractivity contribution in [3.63, 3.8) is 0 Å². The van der Waals surface area contributed by atoms with Gasteiger partial charge in [0, 0.05) is 24.1 Å². The summed E-state index contributed by atoms with van der Waals surface area (Å²) < 4.78 is 1.12. The molecule has 0 unspecified atom stereocenters. The van der Waals surface area contributed by atoms with Crippen molar-refractivity contribution in [2.24, 2.45) is 5.73 Å². The summed E-state index contributed by atoms with van der Waals surface area (Å²) in [6, 6.07) is 13.2. The normalized spacial score (nSPS) is 11.2. The van der Waals surface area contributed by atoms with Gasteiger partial charge >= 0.3 is 0 Å². The molecule has 124 valence electrons. The molecule has 23 heavy (non-hydrogen) atoms. The van der Waals surface area contributed by atoms with Gasteiger partial charge in [-0.25, -0.2) is 0 Å². The minimum Gasteiger partial charge on any atom is -0.330 e. The van der Waals surface area contributed by atoms with Crippen molar-refractivity contribution in [3.8, 4) is 0 Å². The second kappa shape index (κ2) is 8.62. The van der Waals surface area contributed by atoms with Crippen molar-refractivity contribution >= 4 is 15.9 Å². The maximum atomic E-state index is 5.73. The van der Waals surface area contributed by atoms with E-state index in [1.165, 1.54) is 27.8 Å². The molecule has 0 fully saturated rings. The van der Waals surface area contributed by atoms with E-state index < -0.39 is 0 Å². The van der Waals surface area contributed by atoms with Crippen molar-refractivity contribution in [3.05, 3.63) is 68.7 Å². The molecule has 2 aromatic rings. The Labute approximate surface area is 148 Å². The third-order valence-electron chi connectivity index (χ3n) is 4.22. The molecule has 2 N–H and O–H groups in total. The van der Waals surface area contributed by atoms with Crippen LogP contribution in [0.1, 0.15) is 34.2 Å². The van der Waals surface area contributed by atoms with Gasteiger partial charge in [0.25, 0.3) is 0 Å². The van der Waals surface area contributed by atoms with E-state index in [4.69, 9.17) is 5.73 Å². The van der Waals surface area contributed by atoms with Crippen LogP contribution >= 0.6 is 15.9 Å². The summed E-state index contributed by atoms with van der Waals surface area (Å²) in [5, 5.41) is 0. The summed E-state index contributed by atoms with van der Waals surface area (Å²) in [7, 11) is 0. The summed E-state index contributed by atoms with van der Waals surface area (Å²) >= 11 is 3.50. The molecule has 0 spiro atoms. The molecule has 0 aliphatic heterocycles. The van der Waals surface area contributed by atoms with Crippen molar-refractivity contribution < 1.29 is 0 Å². The van der Waals surface area contributed by atoms with E-state index in [1.54, 1.807) is 0 Å². The van der Waals surface area contributed by atoms with Crippen molar-refractivity contribution in [2.45, 2.75) is 40.3 Å². The van der Waals surface area contributed by atoms with Crippen molar-refractivity contribution in [1.82, 2.24) is 4.90 Å². The van der Waals surface area contributed by atoms with Crippen molar-refractivity contribution in [2.75, 3.05) is 13.1 Å². The van der Waals surface area contributed by atoms with Crippen LogP contribution in [0.25, 0.3) is 0 Å². The highest BCUT2D eigenvalue weighted by Crippen LogP contribution is 2.20. The predicted octanol–water partition coefficient (Wildman–Crippen LogP) is 4.73. The molecule has 0 bridgehead atoms. The average molecular weight is 375 g/mol. The quantitative estimate of drug-likeness (QED) is 0.758. The van der Waals surface area contributed by atoms with Crippen LogP contribution in [0.2, 0.25) is 0 Å². The summed E-state index contributed by atoms with van der Waals surface area (Å²) in [5.74, 6) is 0. The zero-order valence-electron chi connectivity index (χ0n) is 14.4. The van der Waals surface area contributed by atoms with E-state index in [1.807, 2.05) is 0 Å². The fourth-order valence-electron chi connectivity index (χ4n) is 3.06. The van der Waals surface area contributed by atoms with Gasteiger partial charge < -0.3 is 5.73 Å². The van der Waals surface area contributed by atoms with Gasteiger partial charge in [0.1, 0.15) is 0 Å². The van der Waals surface area contributed by atoms with Gasteiger partial charge in [0.2, 0.25) is 0 Å². The number of rotatable bonds is 7. The monoisotopic (exact) mass is 374 g/mol. The van der Waals surface area contributed by atoms with E-state index >= 15 is 0 Å². The van der Waals surface area contributed by atoms with Gasteiger partial charge in [-0.1, -0.05) is 45.8 Å². The Morgan fingerprint density at radius 1 is 0.957 bits per heavy atom. The summed E-state index contributed by atoms with van der Waals surface area (Å²) in [4.78, 5) is 2.50. The molecule has 0 aromatic heterocycles. The molecule has 0 atom stereocenters. The molecule has 2 rings (SSSR count). The Hall–Kier alpha value is -1.16. The second-order valence-corrected chi connectivity index (χ2v) is 7.27. The largest absolute Gasteiger partial charge is 0.330 e. The molecular formula is C20H27BrN2. The minimum absolute atomic E-state index is 0.739. The standard InChI is InChI=1S/C20H27BrN2/c1-15-11-16(2)20(17(3)12-15)14-23(10-4-9-22)13-18-5-7-19(21)8-6-18/h5-8,11-12H,4,9-10,13-14,22H2,1-3H3. The number of benzene rings is 2. The van der Waals surface area contributed by atoms with Crippen LogP contribution in [-0.4, -0.2) is 18.0 Å². The molecule has 2 nitrogen and oxygen atoms in total. The molecular weight excluding hydrogens is 348 g/mol. The van der Waals surface area contributed by atoms with E-state index in [-0.39, 0.29) is 0 Å². The maximum Gasteiger partial charge on any atom is 0.0242 e. The van der Waals surface area contributed by atoms with E-state index in [0.29, 0.717) is 0 Å². The Bertz CT molecular complexity index is 612. The second-order valence-electron chi connectivity index (χ2n) is 6.36.